The van der Waals surface area contributed by atoms with Crippen LogP contribution in [0.4, 0.5) is 9.59 Å². The number of H-pyrrole nitrogens is 2. The van der Waals surface area contributed by atoms with Crippen LogP contribution in [0.5, 0.6) is 11.5 Å². The third kappa shape index (κ3) is 11.7. The van der Waals surface area contributed by atoms with Gasteiger partial charge in [0.2, 0.25) is 11.8 Å². The molecule has 2 aromatic heterocycles. The zero-order valence-corrected chi connectivity index (χ0v) is 40.5. The Morgan fingerprint density at radius 3 is 1.41 bits per heavy atom. The normalized spacial score (nSPS) is 19.7. The van der Waals surface area contributed by atoms with E-state index in [0.29, 0.717) is 115 Å². The van der Waals surface area contributed by atoms with Crippen molar-refractivity contribution >= 4 is 24.0 Å². The Labute approximate surface area is 407 Å². The number of rotatable bonds is 19. The summed E-state index contributed by atoms with van der Waals surface area (Å²) >= 11 is 0. The molecule has 378 valence electrons. The van der Waals surface area contributed by atoms with Crippen molar-refractivity contribution in [3.63, 3.8) is 0 Å². The number of benzene rings is 2. The van der Waals surface area contributed by atoms with Gasteiger partial charge in [0.15, 0.2) is 0 Å². The van der Waals surface area contributed by atoms with Crippen LogP contribution in [0.2, 0.25) is 0 Å². The second-order valence-electron chi connectivity index (χ2n) is 18.0. The molecule has 0 saturated carbocycles. The minimum absolute atomic E-state index is 0.0725. The number of nitrogens with zero attached hydrogens (tertiary/aromatic N) is 4. The molecule has 0 unspecified atom stereocenters. The fourth-order valence-electron chi connectivity index (χ4n) is 10.1. The first-order valence-electron chi connectivity index (χ1n) is 24.3. The van der Waals surface area contributed by atoms with Crippen LogP contribution in [-0.4, -0.2) is 160 Å². The highest BCUT2D eigenvalue weighted by atomic mass is 16.5. The number of ether oxygens (including phenoxy) is 8. The highest BCUT2D eigenvalue weighted by Crippen LogP contribution is 2.42. The van der Waals surface area contributed by atoms with Gasteiger partial charge in [0.05, 0.1) is 63.3 Å². The maximum Gasteiger partial charge on any atom is 0.407 e. The summed E-state index contributed by atoms with van der Waals surface area (Å²) < 4.78 is 44.5. The van der Waals surface area contributed by atoms with Crippen molar-refractivity contribution in [2.45, 2.75) is 75.5 Å². The van der Waals surface area contributed by atoms with E-state index in [1.807, 2.05) is 46.2 Å². The lowest BCUT2D eigenvalue weighted by Gasteiger charge is -2.34. The number of carbonyl (C=O) groups excluding carboxylic acids is 4. The fraction of sp³-hybridized carbons (Fsp3) is 0.560. The predicted octanol–water partition coefficient (Wildman–Crippen LogP) is 5.81. The van der Waals surface area contributed by atoms with Gasteiger partial charge in [-0.05, 0) is 87.5 Å². The molecule has 8 rings (SSSR count). The molecule has 0 aliphatic carbocycles. The molecule has 0 radical (unpaired) electrons. The first-order chi connectivity index (χ1) is 34.2. The molecule has 0 bridgehead atoms. The summed E-state index contributed by atoms with van der Waals surface area (Å²) in [6, 6.07) is 9.79. The summed E-state index contributed by atoms with van der Waals surface area (Å²) in [5.74, 6) is 2.04. The zero-order valence-electron chi connectivity index (χ0n) is 40.5. The van der Waals surface area contributed by atoms with E-state index in [9.17, 15) is 19.2 Å². The second kappa shape index (κ2) is 24.1. The number of likely N-dealkylation sites (tertiary alicyclic amines) is 2. The largest absolute Gasteiger partial charge is 0.491 e. The predicted molar refractivity (Wildman–Crippen MR) is 255 cm³/mol. The number of nitrogens with one attached hydrogen (secondary N) is 4. The van der Waals surface area contributed by atoms with Crippen LogP contribution in [-0.2, 0) is 38.0 Å². The Hall–Kier alpha value is -6.22. The Bertz CT molecular complexity index is 2230. The fourth-order valence-corrected chi connectivity index (χ4v) is 10.1. The van der Waals surface area contributed by atoms with Gasteiger partial charge in [-0.15, -0.1) is 0 Å². The van der Waals surface area contributed by atoms with E-state index >= 15 is 0 Å². The average molecular weight is 971 g/mol. The third-order valence-electron chi connectivity index (χ3n) is 13.8. The van der Waals surface area contributed by atoms with Crippen LogP contribution in [0.1, 0.15) is 75.1 Å². The highest BCUT2D eigenvalue weighted by Gasteiger charge is 2.42. The van der Waals surface area contributed by atoms with Crippen molar-refractivity contribution in [1.29, 1.82) is 0 Å². The van der Waals surface area contributed by atoms with E-state index in [-0.39, 0.29) is 35.7 Å². The topological polar surface area (TPSA) is 230 Å². The molecule has 4 atom stereocenters. The zero-order chi connectivity index (χ0) is 49.0. The number of hydrogen-bond donors (Lipinski definition) is 4. The number of methoxy groups -OCH3 is 4. The van der Waals surface area contributed by atoms with Crippen molar-refractivity contribution < 1.29 is 57.1 Å². The lowest BCUT2D eigenvalue weighted by Crippen LogP contribution is -2.53. The number of aromatic amines is 2. The SMILES string of the molecule is COCCOc1cc(-c2cnc([C@@H]3CCCN3C(=O)[C@@H](NC(=O)OC)C3CCOCC3)[nH]2)ccc1-c1ccc(-c2cnc([C@@H]3CCCN3C(=O)[C@@H](NC(=O)OC)C3CCOCC3)[nH]2)cc1OCCOC. The van der Waals surface area contributed by atoms with Gasteiger partial charge in [0.25, 0.3) is 0 Å². The van der Waals surface area contributed by atoms with Crippen LogP contribution in [0.15, 0.2) is 48.8 Å². The second-order valence-corrected chi connectivity index (χ2v) is 18.0. The maximum absolute atomic E-state index is 14.2. The van der Waals surface area contributed by atoms with Crippen molar-refractivity contribution in [2.75, 3.05) is 94.4 Å². The summed E-state index contributed by atoms with van der Waals surface area (Å²) in [4.78, 5) is 73.4. The van der Waals surface area contributed by atoms with Gasteiger partial charge in [-0.2, -0.15) is 0 Å². The molecule has 0 spiro atoms. The monoisotopic (exact) mass is 970 g/mol. The third-order valence-corrected chi connectivity index (χ3v) is 13.8. The number of carbonyl (C=O) groups is 4. The molecule has 4 fully saturated rings. The molecule has 4 aromatic rings. The molecule has 4 aliphatic rings. The summed E-state index contributed by atoms with van der Waals surface area (Å²) in [6.45, 7) is 4.51. The Balaban J connectivity index is 1.04. The van der Waals surface area contributed by atoms with Gasteiger partial charge in [0.1, 0.15) is 48.4 Å². The summed E-state index contributed by atoms with van der Waals surface area (Å²) in [5, 5.41) is 5.63. The van der Waals surface area contributed by atoms with Crippen LogP contribution in [0.3, 0.4) is 0 Å². The van der Waals surface area contributed by atoms with Crippen molar-refractivity contribution in [3.8, 4) is 45.1 Å². The molecular formula is C50H66N8O12. The summed E-state index contributed by atoms with van der Waals surface area (Å²) in [6.07, 6.45) is 7.92. The van der Waals surface area contributed by atoms with Crippen molar-refractivity contribution in [1.82, 2.24) is 40.4 Å². The van der Waals surface area contributed by atoms with E-state index in [0.717, 1.165) is 59.3 Å². The Morgan fingerprint density at radius 2 is 1.03 bits per heavy atom. The van der Waals surface area contributed by atoms with Crippen LogP contribution < -0.4 is 20.1 Å². The van der Waals surface area contributed by atoms with Gasteiger partial charge in [-0.1, -0.05) is 12.1 Å². The number of imidazole rings is 2. The summed E-state index contributed by atoms with van der Waals surface area (Å²) in [7, 11) is 5.84. The molecule has 4 aliphatic heterocycles. The Morgan fingerprint density at radius 1 is 0.614 bits per heavy atom. The smallest absolute Gasteiger partial charge is 0.407 e. The molecule has 4 amide bonds. The molecule has 20 nitrogen and oxygen atoms in total. The molecule has 2 aromatic carbocycles. The minimum Gasteiger partial charge on any atom is -0.491 e. The van der Waals surface area contributed by atoms with Gasteiger partial charge in [-0.3, -0.25) is 9.59 Å². The number of alkyl carbamates (subject to hydrolysis) is 2. The molecular weight excluding hydrogens is 905 g/mol. The quantitative estimate of drug-likeness (QED) is 0.0813. The molecule has 70 heavy (non-hydrogen) atoms. The van der Waals surface area contributed by atoms with E-state index in [4.69, 9.17) is 47.9 Å². The minimum atomic E-state index is -0.736. The van der Waals surface area contributed by atoms with Gasteiger partial charge in [-0.25, -0.2) is 19.6 Å². The average Bonchev–Trinajstić information content (AvgIpc) is 4.26. The van der Waals surface area contributed by atoms with Crippen molar-refractivity contribution in [3.05, 3.63) is 60.4 Å². The molecule has 4 saturated heterocycles. The van der Waals surface area contributed by atoms with Gasteiger partial charge in [0, 0.05) is 76.0 Å². The van der Waals surface area contributed by atoms with Crippen molar-refractivity contribution in [2.24, 2.45) is 11.8 Å². The van der Waals surface area contributed by atoms with Gasteiger partial charge < -0.3 is 68.3 Å². The van der Waals surface area contributed by atoms with E-state index in [1.54, 1.807) is 26.6 Å². The number of aromatic nitrogens is 4. The maximum atomic E-state index is 14.2. The highest BCUT2D eigenvalue weighted by molar-refractivity contribution is 5.88. The van der Waals surface area contributed by atoms with Crippen LogP contribution in [0, 0.1) is 11.8 Å². The van der Waals surface area contributed by atoms with E-state index < -0.39 is 24.3 Å². The summed E-state index contributed by atoms with van der Waals surface area (Å²) in [5.41, 5.74) is 4.70. The molecule has 20 heteroatoms. The van der Waals surface area contributed by atoms with Gasteiger partial charge >= 0.3 is 12.2 Å². The number of amides is 4. The molecule has 6 heterocycles. The Kier molecular flexibility index (Phi) is 17.3. The lowest BCUT2D eigenvalue weighted by molar-refractivity contribution is -0.137. The standard InChI is InChI=1S/C50H66N8O12/c1-63-23-25-69-41-27-33(37-29-51-45(53-37)39-7-5-17-57(39)47(59)43(55-49(61)65-3)31-13-19-67-20-14-31)9-11-35(41)36-12-10-34(28-42(36)70-26-24-64-2)38-30-52-46(54-38)40-8-6-18-58(40)48(60)44(56-50(62)66-4)32-15-21-68-22-16-32/h9-12,27-32,39-40,43-44H,5-8,13-26H2,1-4H3,(H,51,53)(H,52,54)(H,55,61)(H,56,62)/t39-,40-,43-,44-/m0/s1. The van der Waals surface area contributed by atoms with E-state index in [2.05, 4.69) is 20.6 Å². The molecule has 4 N–H and O–H groups in total. The number of hydrogen-bond acceptors (Lipinski definition) is 14. The van der Waals surface area contributed by atoms with E-state index in [1.165, 1.54) is 14.2 Å². The first-order valence-corrected chi connectivity index (χ1v) is 24.3. The van der Waals surface area contributed by atoms with Crippen LogP contribution in [0.25, 0.3) is 33.6 Å². The lowest BCUT2D eigenvalue weighted by atomic mass is 9.90. The first kappa shape index (κ1) is 50.2. The van der Waals surface area contributed by atoms with Crippen LogP contribution >= 0.6 is 0 Å².